The molecule has 0 spiro atoms. The summed E-state index contributed by atoms with van der Waals surface area (Å²) in [6.45, 7) is 9.74. The van der Waals surface area contributed by atoms with Crippen LogP contribution >= 0.6 is 0 Å². The minimum atomic E-state index is -0.138. The van der Waals surface area contributed by atoms with Crippen LogP contribution in [0.5, 0.6) is 0 Å². The molecule has 3 nitrogen and oxygen atoms in total. The van der Waals surface area contributed by atoms with E-state index in [-0.39, 0.29) is 5.97 Å². The fourth-order valence-electron chi connectivity index (χ4n) is 2.12. The van der Waals surface area contributed by atoms with Crippen LogP contribution in [0.25, 0.3) is 0 Å². The summed E-state index contributed by atoms with van der Waals surface area (Å²) in [5.74, 6) is -0.138. The third-order valence-corrected chi connectivity index (χ3v) is 3.11. The lowest BCUT2D eigenvalue weighted by Crippen LogP contribution is -2.32. The zero-order valence-electron chi connectivity index (χ0n) is 10.7. The lowest BCUT2D eigenvalue weighted by molar-refractivity contribution is -0.138. The van der Waals surface area contributed by atoms with E-state index in [1.54, 1.807) is 0 Å². The number of carbonyl (C=O) groups is 1. The molecule has 0 atom stereocenters. The van der Waals surface area contributed by atoms with Crippen LogP contribution in [0.1, 0.15) is 40.0 Å². The van der Waals surface area contributed by atoms with E-state index in [4.69, 9.17) is 4.74 Å². The quantitative estimate of drug-likeness (QED) is 0.543. The predicted molar refractivity (Wildman–Crippen MR) is 65.3 cm³/mol. The van der Waals surface area contributed by atoms with Crippen LogP contribution in [-0.4, -0.2) is 37.1 Å². The topological polar surface area (TPSA) is 29.5 Å². The first-order chi connectivity index (χ1) is 7.69. The van der Waals surface area contributed by atoms with Crippen molar-refractivity contribution in [2.75, 3.05) is 26.2 Å². The largest absolute Gasteiger partial charge is 0.463 e. The van der Waals surface area contributed by atoms with E-state index in [2.05, 4.69) is 11.8 Å². The summed E-state index contributed by atoms with van der Waals surface area (Å²) in [6, 6.07) is 0. The first-order valence-corrected chi connectivity index (χ1v) is 6.27. The third kappa shape index (κ3) is 3.63. The zero-order chi connectivity index (χ0) is 12.0. The van der Waals surface area contributed by atoms with Gasteiger partial charge in [-0.2, -0.15) is 0 Å². The van der Waals surface area contributed by atoms with E-state index >= 15 is 0 Å². The SMILES string of the molecule is CCCN1CCC(=C(C)C(=O)OCC)CC1. The number of likely N-dealkylation sites (tertiary alicyclic amines) is 1. The molecule has 1 heterocycles. The summed E-state index contributed by atoms with van der Waals surface area (Å²) < 4.78 is 5.02. The van der Waals surface area contributed by atoms with Gasteiger partial charge in [-0.25, -0.2) is 4.79 Å². The van der Waals surface area contributed by atoms with E-state index in [1.807, 2.05) is 13.8 Å². The molecule has 1 fully saturated rings. The van der Waals surface area contributed by atoms with Crippen molar-refractivity contribution < 1.29 is 9.53 Å². The highest BCUT2D eigenvalue weighted by Crippen LogP contribution is 2.20. The highest BCUT2D eigenvalue weighted by Gasteiger charge is 2.18. The van der Waals surface area contributed by atoms with Crippen molar-refractivity contribution in [3.8, 4) is 0 Å². The molecule has 0 aromatic rings. The maximum atomic E-state index is 11.6. The van der Waals surface area contributed by atoms with Gasteiger partial charge in [-0.1, -0.05) is 12.5 Å². The number of esters is 1. The van der Waals surface area contributed by atoms with E-state index in [0.29, 0.717) is 6.61 Å². The lowest BCUT2D eigenvalue weighted by atomic mass is 9.98. The van der Waals surface area contributed by atoms with Crippen molar-refractivity contribution in [3.05, 3.63) is 11.1 Å². The molecule has 3 heteroatoms. The van der Waals surface area contributed by atoms with Crippen molar-refractivity contribution in [2.24, 2.45) is 0 Å². The van der Waals surface area contributed by atoms with Crippen LogP contribution in [0.3, 0.4) is 0 Å². The summed E-state index contributed by atoms with van der Waals surface area (Å²) in [7, 11) is 0. The second-order valence-corrected chi connectivity index (χ2v) is 4.29. The molecule has 0 saturated carbocycles. The highest BCUT2D eigenvalue weighted by molar-refractivity contribution is 5.88. The van der Waals surface area contributed by atoms with Crippen molar-refractivity contribution in [1.82, 2.24) is 4.90 Å². The van der Waals surface area contributed by atoms with E-state index in [1.165, 1.54) is 18.5 Å². The molecule has 0 aromatic carbocycles. The Bertz CT molecular complexity index is 261. The Morgan fingerprint density at radius 2 is 1.94 bits per heavy atom. The fourth-order valence-corrected chi connectivity index (χ4v) is 2.12. The molecule has 0 aliphatic carbocycles. The summed E-state index contributed by atoms with van der Waals surface area (Å²) in [5.41, 5.74) is 2.11. The van der Waals surface area contributed by atoms with Gasteiger partial charge in [-0.05, 0) is 39.7 Å². The average Bonchev–Trinajstić information content (AvgIpc) is 2.30. The Balaban J connectivity index is 2.50. The number of hydrogen-bond donors (Lipinski definition) is 0. The van der Waals surface area contributed by atoms with Crippen LogP contribution in [-0.2, 0) is 9.53 Å². The molecule has 1 aliphatic heterocycles. The van der Waals surface area contributed by atoms with Crippen LogP contribution in [0.4, 0.5) is 0 Å². The summed E-state index contributed by atoms with van der Waals surface area (Å²) >= 11 is 0. The number of nitrogens with zero attached hydrogens (tertiary/aromatic N) is 1. The predicted octanol–water partition coefficient (Wildman–Crippen LogP) is 2.37. The number of carbonyl (C=O) groups excluding carboxylic acids is 1. The van der Waals surface area contributed by atoms with Gasteiger partial charge in [-0.15, -0.1) is 0 Å². The molecule has 0 aromatic heterocycles. The molecule has 0 radical (unpaired) electrons. The second kappa shape index (κ2) is 6.69. The van der Waals surface area contributed by atoms with Gasteiger partial charge in [0.1, 0.15) is 0 Å². The van der Waals surface area contributed by atoms with Crippen LogP contribution in [0, 0.1) is 0 Å². The Hall–Kier alpha value is -0.830. The van der Waals surface area contributed by atoms with Gasteiger partial charge in [0.2, 0.25) is 0 Å². The number of hydrogen-bond acceptors (Lipinski definition) is 3. The summed E-state index contributed by atoms with van der Waals surface area (Å²) in [4.78, 5) is 14.0. The van der Waals surface area contributed by atoms with E-state index in [0.717, 1.165) is 31.5 Å². The highest BCUT2D eigenvalue weighted by atomic mass is 16.5. The second-order valence-electron chi connectivity index (χ2n) is 4.29. The molecule has 0 amide bonds. The molecular formula is C13H23NO2. The molecule has 1 aliphatic rings. The average molecular weight is 225 g/mol. The Morgan fingerprint density at radius 3 is 2.44 bits per heavy atom. The maximum Gasteiger partial charge on any atom is 0.333 e. The molecular weight excluding hydrogens is 202 g/mol. The van der Waals surface area contributed by atoms with Gasteiger partial charge >= 0.3 is 5.97 Å². The molecule has 0 bridgehead atoms. The monoisotopic (exact) mass is 225 g/mol. The Labute approximate surface area is 98.5 Å². The van der Waals surface area contributed by atoms with Gasteiger partial charge in [0.15, 0.2) is 0 Å². The minimum Gasteiger partial charge on any atom is -0.463 e. The van der Waals surface area contributed by atoms with Crippen molar-refractivity contribution >= 4 is 5.97 Å². The zero-order valence-corrected chi connectivity index (χ0v) is 10.7. The third-order valence-electron chi connectivity index (χ3n) is 3.11. The van der Waals surface area contributed by atoms with Crippen molar-refractivity contribution in [1.29, 1.82) is 0 Å². The summed E-state index contributed by atoms with van der Waals surface area (Å²) in [6.07, 6.45) is 3.24. The van der Waals surface area contributed by atoms with E-state index in [9.17, 15) is 4.79 Å². The smallest absolute Gasteiger partial charge is 0.333 e. The normalized spacial score (nSPS) is 17.3. The van der Waals surface area contributed by atoms with Gasteiger partial charge in [0, 0.05) is 18.7 Å². The van der Waals surface area contributed by atoms with Gasteiger partial charge in [-0.3, -0.25) is 0 Å². The van der Waals surface area contributed by atoms with Crippen LogP contribution in [0.2, 0.25) is 0 Å². The van der Waals surface area contributed by atoms with Crippen LogP contribution in [0.15, 0.2) is 11.1 Å². The molecule has 0 N–H and O–H groups in total. The van der Waals surface area contributed by atoms with Crippen molar-refractivity contribution in [2.45, 2.75) is 40.0 Å². The Morgan fingerprint density at radius 1 is 1.31 bits per heavy atom. The molecule has 0 unspecified atom stereocenters. The van der Waals surface area contributed by atoms with Crippen molar-refractivity contribution in [3.63, 3.8) is 0 Å². The first kappa shape index (κ1) is 13.2. The number of ether oxygens (including phenoxy) is 1. The molecule has 1 saturated heterocycles. The van der Waals surface area contributed by atoms with Gasteiger partial charge in [0.05, 0.1) is 6.61 Å². The molecule has 16 heavy (non-hydrogen) atoms. The standard InChI is InChI=1S/C13H23NO2/c1-4-8-14-9-6-12(7-10-14)11(3)13(15)16-5-2/h4-10H2,1-3H3. The number of piperidine rings is 1. The lowest BCUT2D eigenvalue weighted by Gasteiger charge is -2.28. The van der Waals surface area contributed by atoms with Gasteiger partial charge in [0.25, 0.3) is 0 Å². The fraction of sp³-hybridized carbons (Fsp3) is 0.769. The molecule has 1 rings (SSSR count). The maximum absolute atomic E-state index is 11.6. The first-order valence-electron chi connectivity index (χ1n) is 6.27. The number of rotatable bonds is 4. The van der Waals surface area contributed by atoms with Gasteiger partial charge < -0.3 is 9.64 Å². The Kier molecular flexibility index (Phi) is 5.53. The summed E-state index contributed by atoms with van der Waals surface area (Å²) in [5, 5.41) is 0. The minimum absolute atomic E-state index is 0.138. The van der Waals surface area contributed by atoms with E-state index < -0.39 is 0 Å². The molecule has 92 valence electrons. The van der Waals surface area contributed by atoms with Crippen LogP contribution < -0.4 is 0 Å².